The standard InChI is InChI=1S/C15H17NO2S/c1-3-18-13-8-6-12(7-9-13)15(17)16(2)11-14-5-4-10-19-14/h4-10H,3,11H2,1-2H3. The van der Waals surface area contributed by atoms with Crippen molar-refractivity contribution in [3.05, 3.63) is 52.2 Å². The first-order chi connectivity index (χ1) is 9.20. The number of nitrogens with zero attached hydrogens (tertiary/aromatic N) is 1. The molecule has 0 N–H and O–H groups in total. The number of benzene rings is 1. The highest BCUT2D eigenvalue weighted by molar-refractivity contribution is 7.09. The Morgan fingerprint density at radius 1 is 1.26 bits per heavy atom. The summed E-state index contributed by atoms with van der Waals surface area (Å²) in [5, 5.41) is 2.02. The van der Waals surface area contributed by atoms with Crippen molar-refractivity contribution < 1.29 is 9.53 Å². The van der Waals surface area contributed by atoms with Crippen LogP contribution in [0.25, 0.3) is 0 Å². The number of hydrogen-bond donors (Lipinski definition) is 0. The number of amides is 1. The molecule has 0 radical (unpaired) electrons. The van der Waals surface area contributed by atoms with Gasteiger partial charge in [0, 0.05) is 17.5 Å². The van der Waals surface area contributed by atoms with Crippen molar-refractivity contribution in [3.8, 4) is 5.75 Å². The molecule has 0 atom stereocenters. The molecule has 0 bridgehead atoms. The Labute approximate surface area is 117 Å². The quantitative estimate of drug-likeness (QED) is 0.836. The van der Waals surface area contributed by atoms with Gasteiger partial charge in [-0.05, 0) is 42.6 Å². The summed E-state index contributed by atoms with van der Waals surface area (Å²) < 4.78 is 5.36. The lowest BCUT2D eigenvalue weighted by Gasteiger charge is -2.16. The molecule has 1 aromatic carbocycles. The molecule has 0 saturated heterocycles. The Bertz CT molecular complexity index is 520. The lowest BCUT2D eigenvalue weighted by Crippen LogP contribution is -2.25. The predicted molar refractivity (Wildman–Crippen MR) is 77.7 cm³/mol. The normalized spacial score (nSPS) is 10.2. The molecular weight excluding hydrogens is 258 g/mol. The summed E-state index contributed by atoms with van der Waals surface area (Å²) in [5.74, 6) is 0.816. The first kappa shape index (κ1) is 13.6. The minimum Gasteiger partial charge on any atom is -0.494 e. The van der Waals surface area contributed by atoms with Gasteiger partial charge in [-0.25, -0.2) is 0 Å². The summed E-state index contributed by atoms with van der Waals surface area (Å²) in [7, 11) is 1.82. The number of hydrogen-bond acceptors (Lipinski definition) is 3. The van der Waals surface area contributed by atoms with E-state index in [1.807, 2.05) is 43.6 Å². The molecule has 0 fully saturated rings. The summed E-state index contributed by atoms with van der Waals surface area (Å²) in [6.07, 6.45) is 0. The molecule has 19 heavy (non-hydrogen) atoms. The van der Waals surface area contributed by atoms with Crippen LogP contribution < -0.4 is 4.74 Å². The minimum atomic E-state index is 0.0245. The zero-order valence-corrected chi connectivity index (χ0v) is 11.9. The van der Waals surface area contributed by atoms with E-state index >= 15 is 0 Å². The molecule has 0 aliphatic carbocycles. The summed E-state index contributed by atoms with van der Waals surface area (Å²) >= 11 is 1.66. The topological polar surface area (TPSA) is 29.5 Å². The van der Waals surface area contributed by atoms with Gasteiger partial charge < -0.3 is 9.64 Å². The van der Waals surface area contributed by atoms with Crippen molar-refractivity contribution in [1.82, 2.24) is 4.90 Å². The van der Waals surface area contributed by atoms with E-state index in [1.54, 1.807) is 28.4 Å². The van der Waals surface area contributed by atoms with Gasteiger partial charge in [0.25, 0.3) is 5.91 Å². The van der Waals surface area contributed by atoms with Crippen LogP contribution in [0.4, 0.5) is 0 Å². The van der Waals surface area contributed by atoms with E-state index in [1.165, 1.54) is 4.88 Å². The second-order valence-corrected chi connectivity index (χ2v) is 5.23. The lowest BCUT2D eigenvalue weighted by molar-refractivity contribution is 0.0786. The first-order valence-corrected chi connectivity index (χ1v) is 7.09. The van der Waals surface area contributed by atoms with E-state index in [2.05, 4.69) is 0 Å². The Balaban J connectivity index is 2.02. The maximum atomic E-state index is 12.2. The van der Waals surface area contributed by atoms with Crippen molar-refractivity contribution in [2.45, 2.75) is 13.5 Å². The average molecular weight is 275 g/mol. The second kappa shape index (κ2) is 6.38. The van der Waals surface area contributed by atoms with Crippen LogP contribution in [0.5, 0.6) is 5.75 Å². The van der Waals surface area contributed by atoms with Gasteiger partial charge in [0.15, 0.2) is 0 Å². The van der Waals surface area contributed by atoms with Crippen molar-refractivity contribution in [2.75, 3.05) is 13.7 Å². The number of rotatable bonds is 5. The van der Waals surface area contributed by atoms with Gasteiger partial charge in [0.05, 0.1) is 13.2 Å². The summed E-state index contributed by atoms with van der Waals surface area (Å²) in [6.45, 7) is 3.21. The minimum absolute atomic E-state index is 0.0245. The molecular formula is C15H17NO2S. The molecule has 1 amide bonds. The van der Waals surface area contributed by atoms with Gasteiger partial charge in [-0.2, -0.15) is 0 Å². The van der Waals surface area contributed by atoms with Crippen LogP contribution >= 0.6 is 11.3 Å². The van der Waals surface area contributed by atoms with Gasteiger partial charge >= 0.3 is 0 Å². The molecule has 0 aliphatic heterocycles. The lowest BCUT2D eigenvalue weighted by atomic mass is 10.2. The number of ether oxygens (including phenoxy) is 1. The summed E-state index contributed by atoms with van der Waals surface area (Å²) in [6, 6.07) is 11.3. The first-order valence-electron chi connectivity index (χ1n) is 6.21. The number of carbonyl (C=O) groups is 1. The van der Waals surface area contributed by atoms with E-state index in [0.29, 0.717) is 18.7 Å². The molecule has 2 aromatic rings. The fourth-order valence-corrected chi connectivity index (χ4v) is 2.55. The molecule has 2 rings (SSSR count). The third kappa shape index (κ3) is 3.58. The third-order valence-electron chi connectivity index (χ3n) is 2.73. The van der Waals surface area contributed by atoms with E-state index in [4.69, 9.17) is 4.74 Å². The molecule has 100 valence electrons. The fourth-order valence-electron chi connectivity index (χ4n) is 1.79. The Kier molecular flexibility index (Phi) is 4.58. The molecule has 0 aliphatic rings. The van der Waals surface area contributed by atoms with Crippen molar-refractivity contribution in [3.63, 3.8) is 0 Å². The molecule has 1 aromatic heterocycles. The summed E-state index contributed by atoms with van der Waals surface area (Å²) in [5.41, 5.74) is 0.683. The maximum absolute atomic E-state index is 12.2. The molecule has 3 nitrogen and oxygen atoms in total. The Morgan fingerprint density at radius 3 is 2.58 bits per heavy atom. The Hall–Kier alpha value is -1.81. The number of carbonyl (C=O) groups excluding carboxylic acids is 1. The highest BCUT2D eigenvalue weighted by atomic mass is 32.1. The predicted octanol–water partition coefficient (Wildman–Crippen LogP) is 3.42. The van der Waals surface area contributed by atoms with Gasteiger partial charge in [-0.3, -0.25) is 4.79 Å². The van der Waals surface area contributed by atoms with Crippen molar-refractivity contribution in [1.29, 1.82) is 0 Å². The fraction of sp³-hybridized carbons (Fsp3) is 0.267. The number of thiophene rings is 1. The van der Waals surface area contributed by atoms with Crippen molar-refractivity contribution in [2.24, 2.45) is 0 Å². The van der Waals surface area contributed by atoms with E-state index in [9.17, 15) is 4.79 Å². The Morgan fingerprint density at radius 2 is 2.00 bits per heavy atom. The smallest absolute Gasteiger partial charge is 0.253 e. The van der Waals surface area contributed by atoms with Gasteiger partial charge in [0.1, 0.15) is 5.75 Å². The van der Waals surface area contributed by atoms with Gasteiger partial charge in [0.2, 0.25) is 0 Å². The average Bonchev–Trinajstić information content (AvgIpc) is 2.92. The molecule has 0 spiro atoms. The van der Waals surface area contributed by atoms with Crippen LogP contribution in [0, 0.1) is 0 Å². The van der Waals surface area contributed by atoms with Crippen LogP contribution in [0.15, 0.2) is 41.8 Å². The zero-order valence-electron chi connectivity index (χ0n) is 11.1. The van der Waals surface area contributed by atoms with Crippen LogP contribution in [0.3, 0.4) is 0 Å². The van der Waals surface area contributed by atoms with E-state index in [0.717, 1.165) is 5.75 Å². The molecule has 4 heteroatoms. The largest absolute Gasteiger partial charge is 0.494 e. The van der Waals surface area contributed by atoms with Gasteiger partial charge in [-0.1, -0.05) is 6.07 Å². The summed E-state index contributed by atoms with van der Waals surface area (Å²) in [4.78, 5) is 15.1. The van der Waals surface area contributed by atoms with E-state index < -0.39 is 0 Å². The SMILES string of the molecule is CCOc1ccc(C(=O)N(C)Cc2cccs2)cc1. The van der Waals surface area contributed by atoms with Crippen LogP contribution in [0.2, 0.25) is 0 Å². The zero-order chi connectivity index (χ0) is 13.7. The van der Waals surface area contributed by atoms with Crippen molar-refractivity contribution >= 4 is 17.2 Å². The van der Waals surface area contributed by atoms with Gasteiger partial charge in [-0.15, -0.1) is 11.3 Å². The third-order valence-corrected chi connectivity index (χ3v) is 3.59. The van der Waals surface area contributed by atoms with Crippen LogP contribution in [-0.2, 0) is 6.54 Å². The molecule has 0 unspecified atom stereocenters. The molecule has 0 saturated carbocycles. The van der Waals surface area contributed by atoms with Crippen LogP contribution in [0.1, 0.15) is 22.2 Å². The van der Waals surface area contributed by atoms with Crippen LogP contribution in [-0.4, -0.2) is 24.5 Å². The second-order valence-electron chi connectivity index (χ2n) is 4.20. The van der Waals surface area contributed by atoms with E-state index in [-0.39, 0.29) is 5.91 Å². The highest BCUT2D eigenvalue weighted by Gasteiger charge is 2.12. The highest BCUT2D eigenvalue weighted by Crippen LogP contribution is 2.16. The maximum Gasteiger partial charge on any atom is 0.253 e. The molecule has 1 heterocycles. The monoisotopic (exact) mass is 275 g/mol.